The maximum absolute atomic E-state index is 5.42. The lowest BCUT2D eigenvalue weighted by molar-refractivity contribution is 0.173. The molecular weight excluding hydrogens is 357 g/mol. The highest BCUT2D eigenvalue weighted by Crippen LogP contribution is 2.35. The Balaban J connectivity index is 0.00000180. The van der Waals surface area contributed by atoms with Crippen molar-refractivity contribution >= 4 is 29.9 Å². The molecule has 0 saturated carbocycles. The molecule has 6 heteroatoms. The van der Waals surface area contributed by atoms with Gasteiger partial charge in [0.05, 0.1) is 6.54 Å². The van der Waals surface area contributed by atoms with Gasteiger partial charge in [-0.05, 0) is 6.07 Å². The highest BCUT2D eigenvalue weighted by molar-refractivity contribution is 14.0. The summed E-state index contributed by atoms with van der Waals surface area (Å²) in [5.41, 5.74) is 1.02. The number of terminal acetylenes is 1. The van der Waals surface area contributed by atoms with Crippen molar-refractivity contribution in [1.82, 2.24) is 10.6 Å². The lowest BCUT2D eigenvalue weighted by Gasteiger charge is -2.11. The van der Waals surface area contributed by atoms with E-state index in [1.54, 1.807) is 7.05 Å². The first-order chi connectivity index (χ1) is 8.85. The number of nitrogens with zero attached hydrogens (tertiary/aromatic N) is 1. The van der Waals surface area contributed by atoms with Gasteiger partial charge in [-0.15, -0.1) is 30.4 Å². The Morgan fingerprint density at radius 2 is 2.26 bits per heavy atom. The van der Waals surface area contributed by atoms with E-state index in [4.69, 9.17) is 15.9 Å². The zero-order chi connectivity index (χ0) is 12.8. The maximum atomic E-state index is 5.42. The van der Waals surface area contributed by atoms with E-state index in [0.29, 0.717) is 19.0 Å². The third-order valence-corrected chi connectivity index (χ3v) is 2.51. The summed E-state index contributed by atoms with van der Waals surface area (Å²) in [4.78, 5) is 4.06. The number of para-hydroxylation sites is 1. The summed E-state index contributed by atoms with van der Waals surface area (Å²) >= 11 is 0. The second kappa shape index (κ2) is 7.74. The van der Waals surface area contributed by atoms with Crippen LogP contribution < -0.4 is 20.1 Å². The van der Waals surface area contributed by atoms with Crippen molar-refractivity contribution in [2.75, 3.05) is 20.4 Å². The lowest BCUT2D eigenvalue weighted by atomic mass is 10.2. The number of hydrogen-bond donors (Lipinski definition) is 2. The van der Waals surface area contributed by atoms with Crippen LogP contribution >= 0.6 is 24.0 Å². The number of benzene rings is 1. The summed E-state index contributed by atoms with van der Waals surface area (Å²) in [6.45, 7) is 1.30. The molecule has 0 aliphatic carbocycles. The van der Waals surface area contributed by atoms with Crippen LogP contribution in [0.2, 0.25) is 0 Å². The quantitative estimate of drug-likeness (QED) is 0.363. The molecule has 0 aromatic heterocycles. The highest BCUT2D eigenvalue weighted by atomic mass is 127. The Hall–Kier alpha value is -1.62. The van der Waals surface area contributed by atoms with E-state index in [1.807, 2.05) is 18.2 Å². The zero-order valence-electron chi connectivity index (χ0n) is 10.6. The molecule has 1 aliphatic heterocycles. The molecule has 0 saturated heterocycles. The van der Waals surface area contributed by atoms with Gasteiger partial charge in [0.1, 0.15) is 0 Å². The molecule has 1 aromatic rings. The Bertz CT molecular complexity index is 497. The Labute approximate surface area is 129 Å². The van der Waals surface area contributed by atoms with E-state index in [1.165, 1.54) is 0 Å². The molecule has 0 atom stereocenters. The van der Waals surface area contributed by atoms with Gasteiger partial charge in [-0.2, -0.15) is 0 Å². The summed E-state index contributed by atoms with van der Waals surface area (Å²) in [7, 11) is 1.70. The van der Waals surface area contributed by atoms with E-state index in [2.05, 4.69) is 21.5 Å². The largest absolute Gasteiger partial charge is 0.454 e. The van der Waals surface area contributed by atoms with Crippen LogP contribution in [0.25, 0.3) is 0 Å². The molecule has 0 radical (unpaired) electrons. The Morgan fingerprint density at radius 1 is 1.42 bits per heavy atom. The van der Waals surface area contributed by atoms with E-state index >= 15 is 0 Å². The van der Waals surface area contributed by atoms with Crippen LogP contribution in [0.1, 0.15) is 5.56 Å². The SMILES string of the molecule is C#CCNC(=NC)NCc1cccc2c1OCO2.I. The molecule has 0 fully saturated rings. The summed E-state index contributed by atoms with van der Waals surface area (Å²) in [5.74, 6) is 4.72. The fraction of sp³-hybridized carbons (Fsp3) is 0.308. The number of hydrogen-bond acceptors (Lipinski definition) is 3. The average molecular weight is 373 g/mol. The number of nitrogens with one attached hydrogen (secondary N) is 2. The van der Waals surface area contributed by atoms with E-state index in [-0.39, 0.29) is 30.8 Å². The number of halogens is 1. The van der Waals surface area contributed by atoms with Crippen molar-refractivity contribution in [3.8, 4) is 23.8 Å². The molecule has 2 N–H and O–H groups in total. The summed E-state index contributed by atoms with van der Waals surface area (Å²) in [5, 5.41) is 6.15. The van der Waals surface area contributed by atoms with Gasteiger partial charge in [-0.25, -0.2) is 0 Å². The van der Waals surface area contributed by atoms with Crippen LogP contribution in [0.4, 0.5) is 0 Å². The van der Waals surface area contributed by atoms with Gasteiger partial charge in [0.15, 0.2) is 17.5 Å². The topological polar surface area (TPSA) is 54.9 Å². The number of ether oxygens (including phenoxy) is 2. The van der Waals surface area contributed by atoms with E-state index < -0.39 is 0 Å². The second-order valence-corrected chi connectivity index (χ2v) is 3.63. The van der Waals surface area contributed by atoms with Crippen LogP contribution in [0, 0.1) is 12.3 Å². The van der Waals surface area contributed by atoms with Gasteiger partial charge in [-0.1, -0.05) is 18.1 Å². The fourth-order valence-corrected chi connectivity index (χ4v) is 1.66. The van der Waals surface area contributed by atoms with E-state index in [0.717, 1.165) is 17.1 Å². The lowest BCUT2D eigenvalue weighted by Crippen LogP contribution is -2.36. The molecule has 0 amide bonds. The predicted octanol–water partition coefficient (Wildman–Crippen LogP) is 1.33. The molecule has 0 spiro atoms. The van der Waals surface area contributed by atoms with Crippen molar-refractivity contribution in [2.24, 2.45) is 4.99 Å². The number of aliphatic imine (C=N–C) groups is 1. The van der Waals surface area contributed by atoms with Crippen molar-refractivity contribution in [1.29, 1.82) is 0 Å². The molecule has 1 aromatic carbocycles. The van der Waals surface area contributed by atoms with Crippen molar-refractivity contribution in [2.45, 2.75) is 6.54 Å². The first-order valence-electron chi connectivity index (χ1n) is 5.60. The first-order valence-corrected chi connectivity index (χ1v) is 5.60. The summed E-state index contributed by atoms with van der Waals surface area (Å²) < 4.78 is 10.7. The number of rotatable bonds is 3. The second-order valence-electron chi connectivity index (χ2n) is 3.63. The van der Waals surface area contributed by atoms with Crippen LogP contribution in [0.15, 0.2) is 23.2 Å². The van der Waals surface area contributed by atoms with Gasteiger partial charge in [0.2, 0.25) is 6.79 Å². The third-order valence-electron chi connectivity index (χ3n) is 2.51. The fourth-order valence-electron chi connectivity index (χ4n) is 1.66. The maximum Gasteiger partial charge on any atom is 0.231 e. The van der Waals surface area contributed by atoms with Crippen molar-refractivity contribution < 1.29 is 9.47 Å². The molecule has 19 heavy (non-hydrogen) atoms. The van der Waals surface area contributed by atoms with Gasteiger partial charge in [0, 0.05) is 19.2 Å². The Kier molecular flexibility index (Phi) is 6.29. The molecule has 1 aliphatic rings. The summed E-state index contributed by atoms with van der Waals surface area (Å²) in [6, 6.07) is 5.80. The molecule has 2 rings (SSSR count). The van der Waals surface area contributed by atoms with Crippen LogP contribution in [0.3, 0.4) is 0 Å². The standard InChI is InChI=1S/C13H15N3O2.HI/c1-3-7-15-13(14-2)16-8-10-5-4-6-11-12(10)18-9-17-11;/h1,4-6H,7-9H2,2H3,(H2,14,15,16);1H. The van der Waals surface area contributed by atoms with E-state index in [9.17, 15) is 0 Å². The zero-order valence-corrected chi connectivity index (χ0v) is 12.9. The van der Waals surface area contributed by atoms with Gasteiger partial charge in [-0.3, -0.25) is 4.99 Å². The van der Waals surface area contributed by atoms with Crippen LogP contribution in [-0.2, 0) is 6.54 Å². The monoisotopic (exact) mass is 373 g/mol. The number of fused-ring (bicyclic) bond motifs is 1. The van der Waals surface area contributed by atoms with Gasteiger partial charge >= 0.3 is 0 Å². The van der Waals surface area contributed by atoms with Crippen molar-refractivity contribution in [3.63, 3.8) is 0 Å². The number of guanidine groups is 1. The molecule has 5 nitrogen and oxygen atoms in total. The molecule has 0 bridgehead atoms. The normalized spacial score (nSPS) is 12.3. The minimum Gasteiger partial charge on any atom is -0.454 e. The van der Waals surface area contributed by atoms with Gasteiger partial charge < -0.3 is 20.1 Å². The molecular formula is C13H16IN3O2. The Morgan fingerprint density at radius 3 is 3.00 bits per heavy atom. The van der Waals surface area contributed by atoms with Gasteiger partial charge in [0.25, 0.3) is 0 Å². The average Bonchev–Trinajstić information content (AvgIpc) is 2.88. The summed E-state index contributed by atoms with van der Waals surface area (Å²) in [6.07, 6.45) is 5.18. The minimum atomic E-state index is 0. The smallest absolute Gasteiger partial charge is 0.231 e. The third kappa shape index (κ3) is 3.92. The van der Waals surface area contributed by atoms with Crippen LogP contribution in [0.5, 0.6) is 11.5 Å². The molecule has 102 valence electrons. The minimum absolute atomic E-state index is 0. The van der Waals surface area contributed by atoms with Crippen molar-refractivity contribution in [3.05, 3.63) is 23.8 Å². The predicted molar refractivity (Wildman–Crippen MR) is 85.0 cm³/mol. The molecule has 1 heterocycles. The van der Waals surface area contributed by atoms with Crippen LogP contribution in [-0.4, -0.2) is 26.3 Å². The highest BCUT2D eigenvalue weighted by Gasteiger charge is 2.16. The molecule has 0 unspecified atom stereocenters. The first kappa shape index (κ1) is 15.4.